The Morgan fingerprint density at radius 2 is 2.29 bits per heavy atom. The van der Waals surface area contributed by atoms with Crippen molar-refractivity contribution in [2.75, 3.05) is 20.1 Å². The van der Waals surface area contributed by atoms with Gasteiger partial charge >= 0.3 is 0 Å². The van der Waals surface area contributed by atoms with Crippen molar-refractivity contribution in [3.8, 4) is 0 Å². The first-order valence-corrected chi connectivity index (χ1v) is 9.10. The molecule has 0 unspecified atom stereocenters. The van der Waals surface area contributed by atoms with Gasteiger partial charge in [-0.25, -0.2) is 0 Å². The van der Waals surface area contributed by atoms with Gasteiger partial charge in [-0.2, -0.15) is 0 Å². The third-order valence-corrected chi connectivity index (χ3v) is 5.63. The van der Waals surface area contributed by atoms with Crippen LogP contribution in [0.5, 0.6) is 0 Å². The Balaban J connectivity index is 1.58. The zero-order chi connectivity index (χ0) is 17.3. The maximum absolute atomic E-state index is 12.4. The van der Waals surface area contributed by atoms with Gasteiger partial charge in [0.15, 0.2) is 5.60 Å². The number of hydrogen-bond acceptors (Lipinski definition) is 5. The van der Waals surface area contributed by atoms with Gasteiger partial charge in [-0.05, 0) is 25.3 Å². The number of likely N-dealkylation sites (tertiary alicyclic amines) is 1. The highest BCUT2D eigenvalue weighted by Gasteiger charge is 2.48. The lowest BCUT2D eigenvalue weighted by molar-refractivity contribution is -0.130. The zero-order valence-electron chi connectivity index (χ0n) is 14.3. The van der Waals surface area contributed by atoms with E-state index in [1.54, 1.807) is 23.3 Å². The van der Waals surface area contributed by atoms with Crippen LogP contribution in [0, 0.1) is 0 Å². The highest BCUT2D eigenvalue weighted by Crippen LogP contribution is 2.34. The molecule has 0 aromatic carbocycles. The van der Waals surface area contributed by atoms with Gasteiger partial charge in [0.25, 0.3) is 5.91 Å². The maximum atomic E-state index is 12.4. The molecule has 1 aromatic heterocycles. The molecule has 1 atom stereocenters. The molecule has 130 valence electrons. The van der Waals surface area contributed by atoms with Gasteiger partial charge in [-0.1, -0.05) is 11.2 Å². The van der Waals surface area contributed by atoms with Crippen LogP contribution in [0.1, 0.15) is 31.6 Å². The van der Waals surface area contributed by atoms with Crippen molar-refractivity contribution in [2.24, 2.45) is 5.16 Å². The number of amides is 2. The van der Waals surface area contributed by atoms with Crippen LogP contribution in [0.2, 0.25) is 0 Å². The van der Waals surface area contributed by atoms with E-state index >= 15 is 0 Å². The molecular formula is C17H23N3O3S. The lowest BCUT2D eigenvalue weighted by Gasteiger charge is -2.23. The van der Waals surface area contributed by atoms with Gasteiger partial charge in [-0.15, -0.1) is 11.3 Å². The van der Waals surface area contributed by atoms with Crippen molar-refractivity contribution in [3.63, 3.8) is 0 Å². The number of carbonyl (C=O) groups is 2. The summed E-state index contributed by atoms with van der Waals surface area (Å²) in [6, 6.07) is 4.04. The van der Waals surface area contributed by atoms with E-state index in [1.165, 1.54) is 0 Å². The molecule has 1 aromatic rings. The molecular weight excluding hydrogens is 326 g/mol. The van der Waals surface area contributed by atoms with E-state index in [9.17, 15) is 9.59 Å². The van der Waals surface area contributed by atoms with Crippen LogP contribution in [0.25, 0.3) is 0 Å². The smallest absolute Gasteiger partial charge is 0.271 e. The van der Waals surface area contributed by atoms with E-state index in [1.807, 2.05) is 36.3 Å². The fourth-order valence-corrected chi connectivity index (χ4v) is 3.72. The summed E-state index contributed by atoms with van der Waals surface area (Å²) in [6.07, 6.45) is 1.62. The first-order valence-electron chi connectivity index (χ1n) is 8.22. The molecule has 0 aliphatic carbocycles. The van der Waals surface area contributed by atoms with Gasteiger partial charge in [0, 0.05) is 37.4 Å². The van der Waals surface area contributed by atoms with Crippen molar-refractivity contribution in [1.29, 1.82) is 0 Å². The van der Waals surface area contributed by atoms with Crippen LogP contribution >= 0.6 is 11.3 Å². The van der Waals surface area contributed by atoms with Gasteiger partial charge in [-0.3, -0.25) is 9.59 Å². The summed E-state index contributed by atoms with van der Waals surface area (Å²) in [5, 5.41) is 6.01. The second-order valence-electron chi connectivity index (χ2n) is 6.82. The molecule has 24 heavy (non-hydrogen) atoms. The van der Waals surface area contributed by atoms with Crippen LogP contribution in [0.15, 0.2) is 22.7 Å². The number of hydrogen-bond donors (Lipinski definition) is 0. The predicted molar refractivity (Wildman–Crippen MR) is 93.0 cm³/mol. The van der Waals surface area contributed by atoms with Gasteiger partial charge in [0.1, 0.15) is 5.71 Å². The molecule has 0 radical (unpaired) electrons. The van der Waals surface area contributed by atoms with E-state index in [4.69, 9.17) is 4.84 Å². The fourth-order valence-electron chi connectivity index (χ4n) is 3.02. The lowest BCUT2D eigenvalue weighted by atomic mass is 9.96. The van der Waals surface area contributed by atoms with E-state index in [0.29, 0.717) is 31.6 Å². The summed E-state index contributed by atoms with van der Waals surface area (Å²) >= 11 is 1.59. The van der Waals surface area contributed by atoms with Crippen molar-refractivity contribution in [1.82, 2.24) is 9.80 Å². The van der Waals surface area contributed by atoms with Crippen LogP contribution in [0.4, 0.5) is 0 Å². The largest absolute Gasteiger partial charge is 0.386 e. The second kappa shape index (κ2) is 6.55. The molecule has 1 spiro atoms. The van der Waals surface area contributed by atoms with Crippen LogP contribution in [-0.2, 0) is 20.8 Å². The Kier molecular flexibility index (Phi) is 4.62. The number of carbonyl (C=O) groups excluding carboxylic acids is 2. The summed E-state index contributed by atoms with van der Waals surface area (Å²) in [5.74, 6) is 0.0160. The Morgan fingerprint density at radius 3 is 2.96 bits per heavy atom. The monoisotopic (exact) mass is 349 g/mol. The number of oxime groups is 1. The normalized spacial score (nSPS) is 22.8. The molecule has 1 saturated heterocycles. The Hall–Kier alpha value is -1.89. The number of rotatable bonds is 4. The van der Waals surface area contributed by atoms with Gasteiger partial charge < -0.3 is 14.6 Å². The highest BCUT2D eigenvalue weighted by molar-refractivity contribution is 7.10. The number of thiophene rings is 1. The molecule has 0 saturated carbocycles. The van der Waals surface area contributed by atoms with Crippen molar-refractivity contribution >= 4 is 28.9 Å². The molecule has 3 heterocycles. The third-order valence-electron chi connectivity index (χ3n) is 4.76. The molecule has 6 nitrogen and oxygen atoms in total. The Labute approximate surface area is 146 Å². The van der Waals surface area contributed by atoms with Gasteiger partial charge in [0.2, 0.25) is 5.91 Å². The maximum Gasteiger partial charge on any atom is 0.271 e. The summed E-state index contributed by atoms with van der Waals surface area (Å²) in [4.78, 5) is 35.0. The first-order chi connectivity index (χ1) is 11.4. The topological polar surface area (TPSA) is 62.2 Å². The summed E-state index contributed by atoms with van der Waals surface area (Å²) in [7, 11) is 1.77. The minimum absolute atomic E-state index is 0.0924. The molecule has 0 N–H and O–H groups in total. The molecule has 2 aliphatic rings. The second-order valence-corrected chi connectivity index (χ2v) is 7.85. The van der Waals surface area contributed by atoms with Crippen molar-refractivity contribution < 1.29 is 14.4 Å². The van der Waals surface area contributed by atoms with E-state index in [0.717, 1.165) is 11.3 Å². The molecule has 0 bridgehead atoms. The molecule has 3 rings (SSSR count). The molecule has 2 amide bonds. The summed E-state index contributed by atoms with van der Waals surface area (Å²) in [5.41, 5.74) is -0.0627. The fraction of sp³-hybridized carbons (Fsp3) is 0.588. The van der Waals surface area contributed by atoms with Crippen molar-refractivity contribution in [2.45, 2.75) is 44.8 Å². The average Bonchev–Trinajstić information content (AvgIpc) is 3.28. The van der Waals surface area contributed by atoms with Crippen molar-refractivity contribution in [3.05, 3.63) is 22.4 Å². The van der Waals surface area contributed by atoms with E-state index in [2.05, 4.69) is 5.16 Å². The highest BCUT2D eigenvalue weighted by atomic mass is 32.1. The van der Waals surface area contributed by atoms with E-state index < -0.39 is 5.60 Å². The Bertz CT molecular complexity index is 656. The van der Waals surface area contributed by atoms with Gasteiger partial charge in [0.05, 0.1) is 13.0 Å². The van der Waals surface area contributed by atoms with Crippen LogP contribution in [-0.4, -0.2) is 59.1 Å². The minimum Gasteiger partial charge on any atom is -0.386 e. The lowest BCUT2D eigenvalue weighted by Crippen LogP contribution is -2.41. The quantitative estimate of drug-likeness (QED) is 0.834. The Morgan fingerprint density at radius 1 is 1.50 bits per heavy atom. The average molecular weight is 349 g/mol. The summed E-state index contributed by atoms with van der Waals surface area (Å²) < 4.78 is 0. The minimum atomic E-state index is -0.520. The van der Waals surface area contributed by atoms with Crippen LogP contribution < -0.4 is 0 Å². The SMILES string of the molecule is CC(C)N(C)C(=O)C1=NO[C@]2(CCN(C(=O)Cc3cccs3)C2)C1. The third kappa shape index (κ3) is 3.31. The zero-order valence-corrected chi connectivity index (χ0v) is 15.1. The van der Waals surface area contributed by atoms with Crippen LogP contribution in [0.3, 0.4) is 0 Å². The summed E-state index contributed by atoms with van der Waals surface area (Å²) in [6.45, 7) is 5.08. The standard InChI is InChI=1S/C17H23N3O3S/c1-12(2)19(3)16(22)14-10-17(23-18-14)6-7-20(11-17)15(21)9-13-5-4-8-24-13/h4-5,8,12H,6-7,9-11H2,1-3H3/t17-/m1/s1. The first kappa shape index (κ1) is 17.0. The molecule has 1 fully saturated rings. The number of nitrogens with zero attached hydrogens (tertiary/aromatic N) is 3. The molecule has 7 heteroatoms. The van der Waals surface area contributed by atoms with E-state index in [-0.39, 0.29) is 17.9 Å². The predicted octanol–water partition coefficient (Wildman–Crippen LogP) is 1.90. The molecule has 2 aliphatic heterocycles.